The average molecular weight is 230 g/mol. The molecule has 1 aromatic rings. The van der Waals surface area contributed by atoms with E-state index >= 15 is 0 Å². The predicted molar refractivity (Wildman–Crippen MR) is 53.9 cm³/mol. The van der Waals surface area contributed by atoms with Crippen molar-refractivity contribution in [2.75, 3.05) is 0 Å². The number of benzene rings is 1. The molecule has 88 valence electrons. The summed E-state index contributed by atoms with van der Waals surface area (Å²) in [6.07, 6.45) is -1.37. The van der Waals surface area contributed by atoms with E-state index < -0.39 is 17.3 Å². The van der Waals surface area contributed by atoms with Crippen LogP contribution in [0.4, 0.5) is 13.2 Å². The molecule has 0 unspecified atom stereocenters. The molecular weight excluding hydrogens is 217 g/mol. The first-order valence-electron chi connectivity index (χ1n) is 5.28. The molecule has 16 heavy (non-hydrogen) atoms. The molecule has 0 heterocycles. The second kappa shape index (κ2) is 3.77. The number of aryl methyl sites for hydroxylation is 1. The standard InChI is InChI=1S/C12H13F3O/c13-12(14,15)10-3-1-9(2-4-10)5-6-11(16)7-8-11/h1-4,16H,5-8H2. The molecule has 1 nitrogen and oxygen atoms in total. The van der Waals surface area contributed by atoms with Gasteiger partial charge in [-0.25, -0.2) is 0 Å². The van der Waals surface area contributed by atoms with Gasteiger partial charge in [-0.2, -0.15) is 13.2 Å². The van der Waals surface area contributed by atoms with Crippen molar-refractivity contribution in [2.24, 2.45) is 0 Å². The van der Waals surface area contributed by atoms with E-state index in [0.717, 1.165) is 30.5 Å². The molecule has 4 heteroatoms. The lowest BCUT2D eigenvalue weighted by atomic mass is 10.0. The fourth-order valence-electron chi connectivity index (χ4n) is 1.63. The smallest absolute Gasteiger partial charge is 0.390 e. The minimum atomic E-state index is -4.27. The Labute approximate surface area is 91.9 Å². The lowest BCUT2D eigenvalue weighted by molar-refractivity contribution is -0.137. The first-order valence-corrected chi connectivity index (χ1v) is 5.28. The Hall–Kier alpha value is -1.03. The summed E-state index contributed by atoms with van der Waals surface area (Å²) >= 11 is 0. The summed E-state index contributed by atoms with van der Waals surface area (Å²) in [5, 5.41) is 9.59. The van der Waals surface area contributed by atoms with Gasteiger partial charge >= 0.3 is 6.18 Å². The van der Waals surface area contributed by atoms with Gasteiger partial charge in [0, 0.05) is 0 Å². The quantitative estimate of drug-likeness (QED) is 0.845. The van der Waals surface area contributed by atoms with Crippen molar-refractivity contribution in [1.29, 1.82) is 0 Å². The average Bonchev–Trinajstić information content (AvgIpc) is 2.94. The van der Waals surface area contributed by atoms with Crippen molar-refractivity contribution < 1.29 is 18.3 Å². The molecule has 1 aromatic carbocycles. The highest BCUT2D eigenvalue weighted by molar-refractivity contribution is 5.25. The molecule has 0 spiro atoms. The molecule has 1 aliphatic rings. The van der Waals surface area contributed by atoms with E-state index in [1.807, 2.05) is 0 Å². The van der Waals surface area contributed by atoms with E-state index in [1.165, 1.54) is 12.1 Å². The lowest BCUT2D eigenvalue weighted by Gasteiger charge is -2.09. The minimum Gasteiger partial charge on any atom is -0.390 e. The fourth-order valence-corrected chi connectivity index (χ4v) is 1.63. The van der Waals surface area contributed by atoms with Gasteiger partial charge in [0.15, 0.2) is 0 Å². The molecule has 1 aliphatic carbocycles. The van der Waals surface area contributed by atoms with Crippen LogP contribution in [0.1, 0.15) is 30.4 Å². The van der Waals surface area contributed by atoms with E-state index in [-0.39, 0.29) is 0 Å². The van der Waals surface area contributed by atoms with Crippen molar-refractivity contribution in [2.45, 2.75) is 37.5 Å². The molecule has 0 radical (unpaired) electrons. The van der Waals surface area contributed by atoms with Crippen LogP contribution in [0.2, 0.25) is 0 Å². The maximum Gasteiger partial charge on any atom is 0.416 e. The highest BCUT2D eigenvalue weighted by Gasteiger charge is 2.39. The van der Waals surface area contributed by atoms with Crippen molar-refractivity contribution >= 4 is 0 Å². The Morgan fingerprint density at radius 3 is 2.12 bits per heavy atom. The molecule has 0 saturated heterocycles. The van der Waals surface area contributed by atoms with Crippen LogP contribution < -0.4 is 0 Å². The zero-order valence-electron chi connectivity index (χ0n) is 8.72. The molecule has 0 amide bonds. The first-order chi connectivity index (χ1) is 7.39. The summed E-state index contributed by atoms with van der Waals surface area (Å²) in [7, 11) is 0. The third-order valence-electron chi connectivity index (χ3n) is 2.99. The van der Waals surface area contributed by atoms with Gasteiger partial charge in [-0.3, -0.25) is 0 Å². The second-order valence-corrected chi connectivity index (χ2v) is 4.42. The molecule has 1 fully saturated rings. The largest absolute Gasteiger partial charge is 0.416 e. The van der Waals surface area contributed by atoms with Crippen molar-refractivity contribution in [3.05, 3.63) is 35.4 Å². The number of hydrogen-bond donors (Lipinski definition) is 1. The van der Waals surface area contributed by atoms with Crippen LogP contribution in [0.5, 0.6) is 0 Å². The van der Waals surface area contributed by atoms with Crippen molar-refractivity contribution in [3.8, 4) is 0 Å². The third kappa shape index (κ3) is 2.76. The van der Waals surface area contributed by atoms with Gasteiger partial charge in [-0.05, 0) is 43.4 Å². The monoisotopic (exact) mass is 230 g/mol. The second-order valence-electron chi connectivity index (χ2n) is 4.42. The third-order valence-corrected chi connectivity index (χ3v) is 2.99. The summed E-state index contributed by atoms with van der Waals surface area (Å²) < 4.78 is 36.8. The summed E-state index contributed by atoms with van der Waals surface area (Å²) in [6.45, 7) is 0. The van der Waals surface area contributed by atoms with Crippen LogP contribution in [-0.4, -0.2) is 10.7 Å². The number of hydrogen-bond acceptors (Lipinski definition) is 1. The lowest BCUT2D eigenvalue weighted by Crippen LogP contribution is -2.08. The normalized spacial score (nSPS) is 18.5. The van der Waals surface area contributed by atoms with Crippen molar-refractivity contribution in [3.63, 3.8) is 0 Å². The molecule has 2 rings (SSSR count). The van der Waals surface area contributed by atoms with Gasteiger partial charge in [0.25, 0.3) is 0 Å². The Morgan fingerprint density at radius 1 is 1.12 bits per heavy atom. The van der Waals surface area contributed by atoms with Crippen LogP contribution in [0.3, 0.4) is 0 Å². The van der Waals surface area contributed by atoms with Gasteiger partial charge in [0.1, 0.15) is 0 Å². The molecule has 0 aliphatic heterocycles. The fraction of sp³-hybridized carbons (Fsp3) is 0.500. The Kier molecular flexibility index (Phi) is 2.70. The van der Waals surface area contributed by atoms with Crippen LogP contribution >= 0.6 is 0 Å². The highest BCUT2D eigenvalue weighted by Crippen LogP contribution is 2.39. The highest BCUT2D eigenvalue weighted by atomic mass is 19.4. The minimum absolute atomic E-state index is 0.539. The van der Waals surface area contributed by atoms with Gasteiger partial charge in [-0.15, -0.1) is 0 Å². The topological polar surface area (TPSA) is 20.2 Å². The number of rotatable bonds is 3. The SMILES string of the molecule is OC1(CCc2ccc(C(F)(F)F)cc2)CC1. The van der Waals surface area contributed by atoms with E-state index in [1.54, 1.807) is 0 Å². The molecule has 1 saturated carbocycles. The van der Waals surface area contributed by atoms with Crippen LogP contribution in [0.25, 0.3) is 0 Å². The maximum absolute atomic E-state index is 12.3. The van der Waals surface area contributed by atoms with Crippen LogP contribution in [0, 0.1) is 0 Å². The van der Waals surface area contributed by atoms with E-state index in [9.17, 15) is 18.3 Å². The summed E-state index contributed by atoms with van der Waals surface area (Å²) in [5.74, 6) is 0. The molecule has 1 N–H and O–H groups in total. The van der Waals surface area contributed by atoms with Crippen molar-refractivity contribution in [1.82, 2.24) is 0 Å². The molecule has 0 atom stereocenters. The van der Waals surface area contributed by atoms with Gasteiger partial charge < -0.3 is 5.11 Å². The zero-order valence-corrected chi connectivity index (χ0v) is 8.72. The predicted octanol–water partition coefficient (Wildman–Crippen LogP) is 3.16. The van der Waals surface area contributed by atoms with Gasteiger partial charge in [0.05, 0.1) is 11.2 Å². The summed E-state index contributed by atoms with van der Waals surface area (Å²) in [6, 6.07) is 5.14. The Bertz CT molecular complexity index is 363. The number of halogens is 3. The molecule has 0 bridgehead atoms. The van der Waals surface area contributed by atoms with Gasteiger partial charge in [0.2, 0.25) is 0 Å². The van der Waals surface area contributed by atoms with E-state index in [4.69, 9.17) is 0 Å². The van der Waals surface area contributed by atoms with Crippen LogP contribution in [-0.2, 0) is 12.6 Å². The molecular formula is C12H13F3O. The van der Waals surface area contributed by atoms with Crippen LogP contribution in [0.15, 0.2) is 24.3 Å². The van der Waals surface area contributed by atoms with E-state index in [0.29, 0.717) is 12.8 Å². The summed E-state index contributed by atoms with van der Waals surface area (Å²) in [5.41, 5.74) is -0.322. The van der Waals surface area contributed by atoms with E-state index in [2.05, 4.69) is 0 Å². The first kappa shape index (κ1) is 11.5. The van der Waals surface area contributed by atoms with Gasteiger partial charge in [-0.1, -0.05) is 12.1 Å². The molecule has 0 aromatic heterocycles. The zero-order chi connectivity index (χ0) is 11.8. The Balaban J connectivity index is 1.96. The number of aliphatic hydroxyl groups is 1. The summed E-state index contributed by atoms with van der Waals surface area (Å²) in [4.78, 5) is 0. The Morgan fingerprint density at radius 2 is 1.69 bits per heavy atom. The maximum atomic E-state index is 12.3. The number of alkyl halides is 3.